The first-order chi connectivity index (χ1) is 8.72. The molecule has 0 amide bonds. The molecular formula is C15H27N3. The SMILES string of the molecule is CCC(Nc1nccn1C1CCCCC1)C(C)C. The van der Waals surface area contributed by atoms with Crippen LogP contribution in [0.5, 0.6) is 0 Å². The molecule has 0 saturated heterocycles. The molecule has 1 unspecified atom stereocenters. The Hall–Kier alpha value is -0.990. The Kier molecular flexibility index (Phi) is 4.67. The summed E-state index contributed by atoms with van der Waals surface area (Å²) in [6.45, 7) is 6.79. The van der Waals surface area contributed by atoms with Gasteiger partial charge in [-0.2, -0.15) is 0 Å². The number of nitrogens with zero attached hydrogens (tertiary/aromatic N) is 2. The van der Waals surface area contributed by atoms with E-state index in [4.69, 9.17) is 0 Å². The second kappa shape index (κ2) is 6.26. The summed E-state index contributed by atoms with van der Waals surface area (Å²) in [5, 5.41) is 3.63. The maximum Gasteiger partial charge on any atom is 0.203 e. The third-order valence-electron chi connectivity index (χ3n) is 4.20. The highest BCUT2D eigenvalue weighted by atomic mass is 15.2. The van der Waals surface area contributed by atoms with Crippen molar-refractivity contribution in [1.29, 1.82) is 0 Å². The van der Waals surface area contributed by atoms with Gasteiger partial charge in [-0.3, -0.25) is 0 Å². The maximum absolute atomic E-state index is 4.51. The minimum atomic E-state index is 0.523. The number of imidazole rings is 1. The van der Waals surface area contributed by atoms with E-state index in [-0.39, 0.29) is 0 Å². The molecule has 0 spiro atoms. The van der Waals surface area contributed by atoms with E-state index in [0.29, 0.717) is 18.0 Å². The molecular weight excluding hydrogens is 222 g/mol. The fourth-order valence-electron chi connectivity index (χ4n) is 2.98. The topological polar surface area (TPSA) is 29.9 Å². The lowest BCUT2D eigenvalue weighted by Crippen LogP contribution is -2.27. The summed E-state index contributed by atoms with van der Waals surface area (Å²) in [5.74, 6) is 1.72. The summed E-state index contributed by atoms with van der Waals surface area (Å²) < 4.78 is 2.37. The van der Waals surface area contributed by atoms with Crippen molar-refractivity contribution in [3.05, 3.63) is 12.4 Å². The highest BCUT2D eigenvalue weighted by Gasteiger charge is 2.19. The highest BCUT2D eigenvalue weighted by molar-refractivity contribution is 5.28. The zero-order valence-electron chi connectivity index (χ0n) is 12.0. The van der Waals surface area contributed by atoms with Crippen molar-refractivity contribution in [2.75, 3.05) is 5.32 Å². The Morgan fingerprint density at radius 1 is 1.33 bits per heavy atom. The molecule has 3 heteroatoms. The Morgan fingerprint density at radius 3 is 2.67 bits per heavy atom. The van der Waals surface area contributed by atoms with Crippen LogP contribution in [0.2, 0.25) is 0 Å². The molecule has 0 radical (unpaired) electrons. The van der Waals surface area contributed by atoms with Gasteiger partial charge in [0.05, 0.1) is 0 Å². The number of hydrogen-bond donors (Lipinski definition) is 1. The molecule has 1 N–H and O–H groups in total. The molecule has 1 atom stereocenters. The van der Waals surface area contributed by atoms with E-state index in [9.17, 15) is 0 Å². The summed E-state index contributed by atoms with van der Waals surface area (Å²) in [7, 11) is 0. The van der Waals surface area contributed by atoms with Crippen LogP contribution in [0.25, 0.3) is 0 Å². The van der Waals surface area contributed by atoms with Crippen LogP contribution in [0.4, 0.5) is 5.95 Å². The molecule has 1 aliphatic rings. The Morgan fingerprint density at radius 2 is 2.06 bits per heavy atom. The lowest BCUT2D eigenvalue weighted by atomic mass is 9.95. The first-order valence-electron chi connectivity index (χ1n) is 7.51. The predicted molar refractivity (Wildman–Crippen MR) is 76.9 cm³/mol. The standard InChI is InChI=1S/C15H27N3/c1-4-14(12(2)3)17-15-16-10-11-18(15)13-8-6-5-7-9-13/h10-14H,4-9H2,1-3H3,(H,16,17). The van der Waals surface area contributed by atoms with Crippen molar-refractivity contribution in [1.82, 2.24) is 9.55 Å². The summed E-state index contributed by atoms with van der Waals surface area (Å²) in [5.41, 5.74) is 0. The van der Waals surface area contributed by atoms with Gasteiger partial charge < -0.3 is 9.88 Å². The molecule has 2 rings (SSSR count). The zero-order valence-corrected chi connectivity index (χ0v) is 12.0. The molecule has 0 aromatic carbocycles. The normalized spacial score (nSPS) is 19.1. The van der Waals surface area contributed by atoms with Crippen LogP contribution >= 0.6 is 0 Å². The van der Waals surface area contributed by atoms with Crippen molar-refractivity contribution in [2.24, 2.45) is 5.92 Å². The van der Waals surface area contributed by atoms with Gasteiger partial charge in [0.15, 0.2) is 0 Å². The van der Waals surface area contributed by atoms with E-state index in [2.05, 4.69) is 41.8 Å². The quantitative estimate of drug-likeness (QED) is 0.846. The van der Waals surface area contributed by atoms with Crippen molar-refractivity contribution < 1.29 is 0 Å². The molecule has 1 heterocycles. The summed E-state index contributed by atoms with van der Waals surface area (Å²) in [6.07, 6.45) is 12.0. The van der Waals surface area contributed by atoms with Gasteiger partial charge in [-0.1, -0.05) is 40.0 Å². The van der Waals surface area contributed by atoms with Gasteiger partial charge in [0.25, 0.3) is 0 Å². The van der Waals surface area contributed by atoms with E-state index in [1.807, 2.05) is 6.20 Å². The number of rotatable bonds is 5. The molecule has 18 heavy (non-hydrogen) atoms. The lowest BCUT2D eigenvalue weighted by molar-refractivity contribution is 0.354. The summed E-state index contributed by atoms with van der Waals surface area (Å²) in [6, 6.07) is 1.18. The summed E-state index contributed by atoms with van der Waals surface area (Å²) in [4.78, 5) is 4.51. The first-order valence-corrected chi connectivity index (χ1v) is 7.51. The molecule has 0 aliphatic heterocycles. The molecule has 1 fully saturated rings. The van der Waals surface area contributed by atoms with Gasteiger partial charge in [0.1, 0.15) is 0 Å². The van der Waals surface area contributed by atoms with E-state index in [1.54, 1.807) is 0 Å². The molecule has 1 aromatic rings. The van der Waals surface area contributed by atoms with Crippen LogP contribution in [0.15, 0.2) is 12.4 Å². The molecule has 3 nitrogen and oxygen atoms in total. The monoisotopic (exact) mass is 249 g/mol. The van der Waals surface area contributed by atoms with Gasteiger partial charge in [0.2, 0.25) is 5.95 Å². The van der Waals surface area contributed by atoms with E-state index >= 15 is 0 Å². The first kappa shape index (κ1) is 13.4. The van der Waals surface area contributed by atoms with E-state index < -0.39 is 0 Å². The van der Waals surface area contributed by atoms with Crippen LogP contribution in [-0.2, 0) is 0 Å². The van der Waals surface area contributed by atoms with Gasteiger partial charge >= 0.3 is 0 Å². The van der Waals surface area contributed by atoms with E-state index in [1.165, 1.54) is 32.1 Å². The summed E-state index contributed by atoms with van der Waals surface area (Å²) >= 11 is 0. The average Bonchev–Trinajstić information content (AvgIpc) is 2.84. The number of aromatic nitrogens is 2. The predicted octanol–water partition coefficient (Wildman–Crippen LogP) is 4.23. The minimum Gasteiger partial charge on any atom is -0.353 e. The molecule has 0 bridgehead atoms. The van der Waals surface area contributed by atoms with Gasteiger partial charge in [0, 0.05) is 24.5 Å². The van der Waals surface area contributed by atoms with Crippen molar-refractivity contribution in [3.8, 4) is 0 Å². The Balaban J connectivity index is 2.06. The second-order valence-electron chi connectivity index (χ2n) is 5.85. The number of anilines is 1. The number of nitrogens with one attached hydrogen (secondary N) is 1. The van der Waals surface area contributed by atoms with Crippen molar-refractivity contribution in [2.45, 2.75) is 71.4 Å². The maximum atomic E-state index is 4.51. The highest BCUT2D eigenvalue weighted by Crippen LogP contribution is 2.30. The fourth-order valence-corrected chi connectivity index (χ4v) is 2.98. The van der Waals surface area contributed by atoms with Gasteiger partial charge in [-0.25, -0.2) is 4.98 Å². The van der Waals surface area contributed by atoms with Crippen molar-refractivity contribution >= 4 is 5.95 Å². The zero-order chi connectivity index (χ0) is 13.0. The van der Waals surface area contributed by atoms with Crippen LogP contribution in [0.3, 0.4) is 0 Å². The van der Waals surface area contributed by atoms with Crippen LogP contribution in [-0.4, -0.2) is 15.6 Å². The van der Waals surface area contributed by atoms with Crippen LogP contribution < -0.4 is 5.32 Å². The Bertz CT molecular complexity index is 350. The van der Waals surface area contributed by atoms with E-state index in [0.717, 1.165) is 12.4 Å². The fraction of sp³-hybridized carbons (Fsp3) is 0.800. The molecule has 1 saturated carbocycles. The third-order valence-corrected chi connectivity index (χ3v) is 4.20. The van der Waals surface area contributed by atoms with Gasteiger partial charge in [-0.05, 0) is 25.2 Å². The number of hydrogen-bond acceptors (Lipinski definition) is 2. The van der Waals surface area contributed by atoms with Crippen molar-refractivity contribution in [3.63, 3.8) is 0 Å². The van der Waals surface area contributed by atoms with Crippen LogP contribution in [0.1, 0.15) is 65.3 Å². The van der Waals surface area contributed by atoms with Gasteiger partial charge in [-0.15, -0.1) is 0 Å². The largest absolute Gasteiger partial charge is 0.353 e. The lowest BCUT2D eigenvalue weighted by Gasteiger charge is -2.27. The molecule has 1 aromatic heterocycles. The van der Waals surface area contributed by atoms with Crippen LogP contribution in [0, 0.1) is 5.92 Å². The molecule has 1 aliphatic carbocycles. The Labute approximate surface area is 111 Å². The smallest absolute Gasteiger partial charge is 0.203 e. The second-order valence-corrected chi connectivity index (χ2v) is 5.85. The minimum absolute atomic E-state index is 0.523. The third kappa shape index (κ3) is 3.06. The average molecular weight is 249 g/mol. The molecule has 102 valence electrons.